The molecule has 0 aliphatic carbocycles. The maximum atomic E-state index is 15.4. The first-order valence-corrected chi connectivity index (χ1v) is 17.9. The quantitative estimate of drug-likeness (QED) is 0.0374. The van der Waals surface area contributed by atoms with Crippen molar-refractivity contribution in [3.63, 3.8) is 0 Å². The van der Waals surface area contributed by atoms with E-state index in [1.807, 2.05) is 0 Å². The molecule has 328 valence electrons. The van der Waals surface area contributed by atoms with E-state index in [0.717, 1.165) is 0 Å². The summed E-state index contributed by atoms with van der Waals surface area (Å²) < 4.78 is 294. The molecule has 0 aliphatic heterocycles. The lowest BCUT2D eigenvalue weighted by Gasteiger charge is -2.44. The first-order chi connectivity index (χ1) is 28.8. The standard InChI is InChI=1S/C24BF20.C16H18S/c26-5-1(6(27)14(35)21(42)13(5)34)25(2-7(28)15(36)22(43)16(37)8(2)29,3-9(30)17(38)23(44)18(39)10(3)31)4-11(32)19(40)24(45)20(41)12(4)33;1-12(2)14-6-10-16(11-7-14)17-15-8-4-13(3)5-9-15/h;4-12H,1-3H3/q-1;/p+1. The van der Waals surface area contributed by atoms with Crippen LogP contribution in [0.15, 0.2) is 58.3 Å². The van der Waals surface area contributed by atoms with Crippen LogP contribution in [0.25, 0.3) is 0 Å². The number of aryl methyl sites for hydroxylation is 1. The van der Waals surface area contributed by atoms with Gasteiger partial charge in [0.1, 0.15) is 52.7 Å². The van der Waals surface area contributed by atoms with Gasteiger partial charge in [0.05, 0.1) is 0 Å². The minimum absolute atomic E-state index is 0.611. The Morgan fingerprint density at radius 2 is 0.500 bits per heavy atom. The molecule has 0 aromatic heterocycles. The van der Waals surface area contributed by atoms with Gasteiger partial charge in [-0.25, -0.2) is 87.8 Å². The Hall–Kier alpha value is -5.67. The van der Waals surface area contributed by atoms with Crippen LogP contribution in [-0.4, -0.2) is 6.15 Å². The predicted octanol–water partition coefficient (Wildman–Crippen LogP) is 10.2. The van der Waals surface area contributed by atoms with Crippen molar-refractivity contribution in [2.75, 3.05) is 0 Å². The topological polar surface area (TPSA) is 0 Å². The highest BCUT2D eigenvalue weighted by Crippen LogP contribution is 2.31. The van der Waals surface area contributed by atoms with Gasteiger partial charge in [0.25, 0.3) is 0 Å². The largest absolute Gasteiger partial charge is 0.207 e. The second-order valence-corrected chi connectivity index (χ2v) is 14.8. The van der Waals surface area contributed by atoms with E-state index in [4.69, 9.17) is 0 Å². The van der Waals surface area contributed by atoms with Crippen molar-refractivity contribution in [3.8, 4) is 0 Å². The van der Waals surface area contributed by atoms with E-state index < -0.39 is 144 Å². The van der Waals surface area contributed by atoms with Gasteiger partial charge in [-0.05, 0) is 42.7 Å². The Morgan fingerprint density at radius 1 is 0.306 bits per heavy atom. The first kappa shape index (κ1) is 47.4. The Kier molecular flexibility index (Phi) is 13.5. The van der Waals surface area contributed by atoms with E-state index >= 15 is 35.1 Å². The Morgan fingerprint density at radius 3 is 0.710 bits per heavy atom. The lowest BCUT2D eigenvalue weighted by molar-refractivity contribution is 0.378. The molecule has 0 unspecified atom stereocenters. The van der Waals surface area contributed by atoms with Crippen molar-refractivity contribution < 1.29 is 87.8 Å². The average Bonchev–Trinajstić information content (AvgIpc) is 3.24. The van der Waals surface area contributed by atoms with Crippen molar-refractivity contribution in [1.29, 1.82) is 0 Å². The molecule has 0 fully saturated rings. The molecule has 62 heavy (non-hydrogen) atoms. The van der Waals surface area contributed by atoms with Crippen LogP contribution >= 0.6 is 0 Å². The molecule has 6 aromatic rings. The molecule has 0 N–H and O–H groups in total. The third kappa shape index (κ3) is 7.63. The number of hydrogen-bond acceptors (Lipinski definition) is 0. The first-order valence-electron chi connectivity index (χ1n) is 17.0. The number of rotatable bonds is 7. The fourth-order valence-corrected chi connectivity index (χ4v) is 7.47. The molecule has 0 radical (unpaired) electrons. The molecule has 0 amide bonds. The molecular formula is C40H19BF20S. The van der Waals surface area contributed by atoms with E-state index in [1.54, 1.807) is 0 Å². The third-order valence-corrected chi connectivity index (χ3v) is 10.7. The Labute approximate surface area is 339 Å². The van der Waals surface area contributed by atoms with Crippen molar-refractivity contribution >= 4 is 39.8 Å². The molecule has 0 nitrogen and oxygen atoms in total. The van der Waals surface area contributed by atoms with Gasteiger partial charge < -0.3 is 0 Å². The summed E-state index contributed by atoms with van der Waals surface area (Å²) in [5.74, 6) is -70.8. The highest BCUT2D eigenvalue weighted by Gasteiger charge is 2.52. The number of hydrogen-bond donors (Lipinski definition) is 0. The highest BCUT2D eigenvalue weighted by atomic mass is 32.2. The maximum Gasteiger partial charge on any atom is 0.200 e. The normalized spacial score (nSPS) is 11.7. The fraction of sp³-hybridized carbons (Fsp3) is 0.100. The van der Waals surface area contributed by atoms with Crippen LogP contribution in [0.2, 0.25) is 0 Å². The van der Waals surface area contributed by atoms with E-state index in [1.165, 1.54) is 32.7 Å². The van der Waals surface area contributed by atoms with Gasteiger partial charge >= 0.3 is 0 Å². The minimum Gasteiger partial charge on any atom is -0.207 e. The van der Waals surface area contributed by atoms with Gasteiger partial charge in [0.15, 0.2) is 79.6 Å². The summed E-state index contributed by atoms with van der Waals surface area (Å²) in [5.41, 5.74) is -11.6. The molecule has 0 aliphatic rings. The number of halogens is 20. The molecule has 0 saturated carbocycles. The smallest absolute Gasteiger partial charge is 0.200 e. The summed E-state index contributed by atoms with van der Waals surface area (Å²) in [4.78, 5) is 2.71. The Bertz CT molecular complexity index is 2360. The molecule has 0 spiro atoms. The zero-order valence-corrected chi connectivity index (χ0v) is 31.7. The zero-order valence-electron chi connectivity index (χ0n) is 30.8. The van der Waals surface area contributed by atoms with Crippen molar-refractivity contribution in [2.45, 2.75) is 36.5 Å². The highest BCUT2D eigenvalue weighted by molar-refractivity contribution is 7.78. The molecule has 0 atom stereocenters. The average molecular weight is 922 g/mol. The molecule has 6 rings (SSSR count). The van der Waals surface area contributed by atoms with Crippen molar-refractivity contribution in [1.82, 2.24) is 0 Å². The molecule has 0 bridgehead atoms. The lowest BCUT2D eigenvalue weighted by atomic mass is 9.12. The predicted molar refractivity (Wildman–Crippen MR) is 186 cm³/mol. The van der Waals surface area contributed by atoms with Crippen LogP contribution in [0, 0.1) is 123 Å². The summed E-state index contributed by atoms with van der Waals surface area (Å²) in [5, 5.41) is 0. The monoisotopic (exact) mass is 922 g/mol. The third-order valence-electron chi connectivity index (χ3n) is 9.56. The summed E-state index contributed by atoms with van der Waals surface area (Å²) >= 11 is 1.29. The molecule has 0 saturated heterocycles. The second kappa shape index (κ2) is 17.6. The van der Waals surface area contributed by atoms with Gasteiger partial charge in [-0.15, -0.1) is 21.9 Å². The van der Waals surface area contributed by atoms with E-state index in [9.17, 15) is 52.7 Å². The van der Waals surface area contributed by atoms with Crippen LogP contribution < -0.4 is 21.9 Å². The lowest BCUT2D eigenvalue weighted by Crippen LogP contribution is -2.81. The molecule has 0 heterocycles. The van der Waals surface area contributed by atoms with Crippen LogP contribution in [-0.2, 0) is 11.8 Å². The van der Waals surface area contributed by atoms with Crippen LogP contribution in [0.3, 0.4) is 0 Å². The van der Waals surface area contributed by atoms with E-state index in [-0.39, 0.29) is 0 Å². The molecule has 22 heteroatoms. The van der Waals surface area contributed by atoms with Crippen molar-refractivity contribution in [3.05, 3.63) is 176 Å². The summed E-state index contributed by atoms with van der Waals surface area (Å²) in [6.45, 7) is 6.58. The fourth-order valence-electron chi connectivity index (χ4n) is 6.58. The van der Waals surface area contributed by atoms with Crippen molar-refractivity contribution in [2.24, 2.45) is 0 Å². The minimum atomic E-state index is -7.22. The van der Waals surface area contributed by atoms with E-state index in [2.05, 4.69) is 69.3 Å². The van der Waals surface area contributed by atoms with Gasteiger partial charge in [-0.1, -0.05) is 43.7 Å². The second-order valence-electron chi connectivity index (χ2n) is 13.5. The summed E-state index contributed by atoms with van der Waals surface area (Å²) in [6, 6.07) is 17.7. The number of benzene rings is 6. The summed E-state index contributed by atoms with van der Waals surface area (Å²) in [6.07, 6.45) is -7.22. The Balaban J connectivity index is 0.000000355. The van der Waals surface area contributed by atoms with Crippen LogP contribution in [0.1, 0.15) is 30.9 Å². The van der Waals surface area contributed by atoms with Gasteiger partial charge in [0, 0.05) is 11.8 Å². The SMILES string of the molecule is Cc1ccc([SH+]c2ccc(C(C)C)cc2)cc1.Fc1c(F)c(F)c([B-](c2c(F)c(F)c(F)c(F)c2F)(c2c(F)c(F)c(F)c(F)c2F)c2c(F)c(F)c(F)c(F)c2F)c(F)c1F. The van der Waals surface area contributed by atoms with Crippen LogP contribution in [0.5, 0.6) is 0 Å². The molecular weight excluding hydrogens is 903 g/mol. The zero-order chi connectivity index (χ0) is 46.6. The van der Waals surface area contributed by atoms with Gasteiger partial charge in [0.2, 0.25) is 0 Å². The maximum absolute atomic E-state index is 15.4. The van der Waals surface area contributed by atoms with Gasteiger partial charge in [-0.2, -0.15) is 0 Å². The summed E-state index contributed by atoms with van der Waals surface area (Å²) in [7, 11) is 0. The number of thiol groups is 1. The van der Waals surface area contributed by atoms with Crippen LogP contribution in [0.4, 0.5) is 87.8 Å². The van der Waals surface area contributed by atoms with E-state index in [0.29, 0.717) is 5.92 Å². The molecule has 6 aromatic carbocycles. The van der Waals surface area contributed by atoms with Gasteiger partial charge in [-0.3, -0.25) is 0 Å².